The van der Waals surface area contributed by atoms with Gasteiger partial charge in [0.2, 0.25) is 15.9 Å². The molecular formula is C11H11N3O3S. The molecule has 0 aliphatic rings. The number of rotatable bonds is 2. The third kappa shape index (κ3) is 2.31. The van der Waals surface area contributed by atoms with Gasteiger partial charge in [-0.05, 0) is 24.3 Å². The molecule has 94 valence electrons. The van der Waals surface area contributed by atoms with Crippen LogP contribution in [0.2, 0.25) is 0 Å². The zero-order valence-corrected chi connectivity index (χ0v) is 10.4. The van der Waals surface area contributed by atoms with Crippen molar-refractivity contribution in [2.45, 2.75) is 11.8 Å². The zero-order chi connectivity index (χ0) is 13.3. The second kappa shape index (κ2) is 4.35. The Bertz CT molecular complexity index is 725. The van der Waals surface area contributed by atoms with Gasteiger partial charge in [0.15, 0.2) is 0 Å². The average Bonchev–Trinajstić information content (AvgIpc) is 2.27. The molecule has 1 amide bonds. The molecule has 0 fully saturated rings. The monoisotopic (exact) mass is 265 g/mol. The Hall–Kier alpha value is -1.99. The van der Waals surface area contributed by atoms with E-state index in [1.165, 1.54) is 25.3 Å². The third-order valence-corrected chi connectivity index (χ3v) is 3.32. The molecule has 18 heavy (non-hydrogen) atoms. The lowest BCUT2D eigenvalue weighted by molar-refractivity contribution is -0.114. The van der Waals surface area contributed by atoms with Gasteiger partial charge in [0.25, 0.3) is 0 Å². The summed E-state index contributed by atoms with van der Waals surface area (Å²) >= 11 is 0. The van der Waals surface area contributed by atoms with Gasteiger partial charge in [-0.15, -0.1) is 0 Å². The van der Waals surface area contributed by atoms with Crippen LogP contribution in [0.3, 0.4) is 0 Å². The van der Waals surface area contributed by atoms with Crippen molar-refractivity contribution in [3.8, 4) is 0 Å². The number of benzene rings is 1. The molecule has 0 spiro atoms. The van der Waals surface area contributed by atoms with Crippen molar-refractivity contribution in [1.29, 1.82) is 0 Å². The molecule has 0 bridgehead atoms. The van der Waals surface area contributed by atoms with Crippen LogP contribution in [0, 0.1) is 0 Å². The lowest BCUT2D eigenvalue weighted by atomic mass is 10.2. The first-order valence-corrected chi connectivity index (χ1v) is 6.62. The average molecular weight is 265 g/mol. The van der Waals surface area contributed by atoms with E-state index in [0.29, 0.717) is 16.6 Å². The second-order valence-corrected chi connectivity index (χ2v) is 5.27. The number of anilines is 1. The van der Waals surface area contributed by atoms with Gasteiger partial charge in [0.1, 0.15) is 0 Å². The molecule has 7 heteroatoms. The Labute approximate surface area is 104 Å². The highest BCUT2D eigenvalue weighted by atomic mass is 32.2. The third-order valence-electron chi connectivity index (χ3n) is 2.35. The van der Waals surface area contributed by atoms with Crippen molar-refractivity contribution in [2.75, 3.05) is 5.32 Å². The van der Waals surface area contributed by atoms with Gasteiger partial charge >= 0.3 is 0 Å². The molecule has 0 saturated carbocycles. The van der Waals surface area contributed by atoms with Gasteiger partial charge in [-0.25, -0.2) is 13.6 Å². The summed E-state index contributed by atoms with van der Waals surface area (Å²) in [5.41, 5.74) is 0.838. The van der Waals surface area contributed by atoms with Crippen molar-refractivity contribution in [3.05, 3.63) is 30.5 Å². The smallest absolute Gasteiger partial charge is 0.238 e. The number of sulfonamides is 1. The van der Waals surface area contributed by atoms with Crippen LogP contribution in [0.4, 0.5) is 5.69 Å². The fraction of sp³-hybridized carbons (Fsp3) is 0.0909. The minimum absolute atomic E-state index is 0.0142. The Morgan fingerprint density at radius 3 is 2.67 bits per heavy atom. The summed E-state index contributed by atoms with van der Waals surface area (Å²) in [6, 6.07) is 6.02. The molecule has 2 aromatic rings. The number of fused-ring (bicyclic) bond motifs is 1. The van der Waals surface area contributed by atoms with Crippen molar-refractivity contribution >= 4 is 32.5 Å². The number of aromatic nitrogens is 1. The number of amides is 1. The van der Waals surface area contributed by atoms with E-state index in [0.717, 1.165) is 0 Å². The minimum Gasteiger partial charge on any atom is -0.324 e. The lowest BCUT2D eigenvalue weighted by Gasteiger charge is -2.09. The first-order chi connectivity index (χ1) is 8.39. The molecule has 1 aromatic heterocycles. The first kappa shape index (κ1) is 12.5. The van der Waals surface area contributed by atoms with Crippen molar-refractivity contribution in [2.24, 2.45) is 5.14 Å². The number of hydrogen-bond donors (Lipinski definition) is 2. The molecule has 0 unspecified atom stereocenters. The highest BCUT2D eigenvalue weighted by Gasteiger charge is 2.15. The number of carbonyl (C=O) groups excluding carboxylic acids is 1. The van der Waals surface area contributed by atoms with E-state index < -0.39 is 10.0 Å². The van der Waals surface area contributed by atoms with E-state index in [1.54, 1.807) is 12.1 Å². The number of nitrogens with two attached hydrogens (primary N) is 1. The highest BCUT2D eigenvalue weighted by Crippen LogP contribution is 2.26. The number of pyridine rings is 1. The molecule has 0 saturated heterocycles. The van der Waals surface area contributed by atoms with Crippen LogP contribution in [-0.2, 0) is 14.8 Å². The summed E-state index contributed by atoms with van der Waals surface area (Å²) in [5.74, 6) is -0.259. The maximum Gasteiger partial charge on any atom is 0.238 e. The maximum absolute atomic E-state index is 11.4. The molecule has 0 aliphatic carbocycles. The minimum atomic E-state index is -3.83. The molecule has 0 atom stereocenters. The largest absolute Gasteiger partial charge is 0.324 e. The number of hydrogen-bond acceptors (Lipinski definition) is 4. The van der Waals surface area contributed by atoms with E-state index in [-0.39, 0.29) is 10.8 Å². The Morgan fingerprint density at radius 1 is 1.33 bits per heavy atom. The highest BCUT2D eigenvalue weighted by molar-refractivity contribution is 7.89. The fourth-order valence-electron chi connectivity index (χ4n) is 1.69. The quantitative estimate of drug-likeness (QED) is 0.839. The van der Waals surface area contributed by atoms with E-state index in [4.69, 9.17) is 5.14 Å². The van der Waals surface area contributed by atoms with Gasteiger partial charge in [-0.2, -0.15) is 0 Å². The van der Waals surface area contributed by atoms with Crippen LogP contribution in [0.25, 0.3) is 10.9 Å². The summed E-state index contributed by atoms with van der Waals surface area (Å²) < 4.78 is 22.9. The Morgan fingerprint density at radius 2 is 2.06 bits per heavy atom. The van der Waals surface area contributed by atoms with E-state index in [2.05, 4.69) is 10.3 Å². The topological polar surface area (TPSA) is 102 Å². The van der Waals surface area contributed by atoms with Gasteiger partial charge in [-0.3, -0.25) is 9.78 Å². The summed E-state index contributed by atoms with van der Waals surface area (Å²) in [5, 5.41) is 8.10. The Kier molecular flexibility index (Phi) is 3.02. The molecule has 1 heterocycles. The molecule has 1 aromatic carbocycles. The van der Waals surface area contributed by atoms with Gasteiger partial charge in [-0.1, -0.05) is 0 Å². The number of nitrogens with one attached hydrogen (secondary N) is 1. The van der Waals surface area contributed by atoms with Crippen LogP contribution in [-0.4, -0.2) is 19.3 Å². The summed E-state index contributed by atoms with van der Waals surface area (Å²) in [7, 11) is -3.83. The SMILES string of the molecule is CC(=O)Nc1ccc(S(N)(=O)=O)c2cccnc12. The molecule has 0 radical (unpaired) electrons. The second-order valence-electron chi connectivity index (χ2n) is 3.74. The van der Waals surface area contributed by atoms with Gasteiger partial charge in [0.05, 0.1) is 16.1 Å². The fourth-order valence-corrected chi connectivity index (χ4v) is 2.41. The van der Waals surface area contributed by atoms with Gasteiger partial charge < -0.3 is 5.32 Å². The summed E-state index contributed by atoms with van der Waals surface area (Å²) in [6.45, 7) is 1.36. The standard InChI is InChI=1S/C11H11N3O3S/c1-7(15)14-9-4-5-10(18(12,16)17)8-3-2-6-13-11(8)9/h2-6H,1H3,(H,14,15)(H2,12,16,17). The normalized spacial score (nSPS) is 11.4. The van der Waals surface area contributed by atoms with E-state index >= 15 is 0 Å². The van der Waals surface area contributed by atoms with Crippen LogP contribution < -0.4 is 10.5 Å². The predicted molar refractivity (Wildman–Crippen MR) is 67.4 cm³/mol. The maximum atomic E-state index is 11.4. The molecule has 3 N–H and O–H groups in total. The van der Waals surface area contributed by atoms with E-state index in [9.17, 15) is 13.2 Å². The first-order valence-electron chi connectivity index (χ1n) is 5.08. The number of nitrogens with zero attached hydrogens (tertiary/aromatic N) is 1. The molecule has 6 nitrogen and oxygen atoms in total. The number of carbonyl (C=O) groups is 1. The summed E-state index contributed by atoms with van der Waals surface area (Å²) in [4.78, 5) is 15.1. The van der Waals surface area contributed by atoms with Crippen molar-refractivity contribution in [1.82, 2.24) is 4.98 Å². The Balaban J connectivity index is 2.78. The van der Waals surface area contributed by atoms with Crippen LogP contribution in [0.15, 0.2) is 35.4 Å². The van der Waals surface area contributed by atoms with Crippen LogP contribution in [0.1, 0.15) is 6.92 Å². The van der Waals surface area contributed by atoms with Crippen molar-refractivity contribution in [3.63, 3.8) is 0 Å². The molecule has 0 aliphatic heterocycles. The van der Waals surface area contributed by atoms with Crippen LogP contribution in [0.5, 0.6) is 0 Å². The molecular weight excluding hydrogens is 254 g/mol. The number of primary sulfonamides is 1. The van der Waals surface area contributed by atoms with Crippen molar-refractivity contribution < 1.29 is 13.2 Å². The van der Waals surface area contributed by atoms with E-state index in [1.807, 2.05) is 0 Å². The predicted octanol–water partition coefficient (Wildman–Crippen LogP) is 0.841. The van der Waals surface area contributed by atoms with Crippen LogP contribution >= 0.6 is 0 Å². The lowest BCUT2D eigenvalue weighted by Crippen LogP contribution is -2.13. The molecule has 2 rings (SSSR count). The summed E-state index contributed by atoms with van der Waals surface area (Å²) in [6.07, 6.45) is 1.51. The van der Waals surface area contributed by atoms with Gasteiger partial charge in [0, 0.05) is 18.5 Å². The zero-order valence-electron chi connectivity index (χ0n) is 9.54.